The van der Waals surface area contributed by atoms with E-state index in [9.17, 15) is 0 Å². The zero-order valence-corrected chi connectivity index (χ0v) is 42.6. The second-order valence-corrected chi connectivity index (χ2v) is 33.1. The molecule has 2 nitrogen and oxygen atoms in total. The normalized spacial score (nSPS) is 16.6. The van der Waals surface area contributed by atoms with Crippen molar-refractivity contribution in [1.29, 1.82) is 0 Å². The Kier molecular flexibility index (Phi) is 13.7. The van der Waals surface area contributed by atoms with Gasteiger partial charge in [0.2, 0.25) is 0 Å². The Morgan fingerprint density at radius 2 is 0.742 bits per heavy atom. The molecule has 3 unspecified atom stereocenters. The number of fused-ring (bicyclic) bond motifs is 2. The average molecular weight is 1010 g/mol. The van der Waals surface area contributed by atoms with E-state index in [1.807, 2.05) is 0 Å². The van der Waals surface area contributed by atoms with Crippen molar-refractivity contribution < 1.29 is 28.2 Å². The van der Waals surface area contributed by atoms with Crippen molar-refractivity contribution >= 4 is 76.9 Å². The van der Waals surface area contributed by atoms with E-state index in [1.165, 1.54) is 53.4 Å². The van der Waals surface area contributed by atoms with Crippen molar-refractivity contribution in [2.24, 2.45) is 5.41 Å². The topological polar surface area (TPSA) is 18.5 Å². The first kappa shape index (κ1) is 44.9. The van der Waals surface area contributed by atoms with Crippen LogP contribution in [0.15, 0.2) is 243 Å². The summed E-state index contributed by atoms with van der Waals surface area (Å²) in [4.78, 5) is 0. The molecular weight excluding hydrogens is 959 g/mol. The summed E-state index contributed by atoms with van der Waals surface area (Å²) in [7, 11) is 9.03. The van der Waals surface area contributed by atoms with Crippen LogP contribution in [-0.2, 0) is 28.2 Å². The van der Waals surface area contributed by atoms with Crippen LogP contribution < -0.4 is 31.1 Å². The summed E-state index contributed by atoms with van der Waals surface area (Å²) in [5.41, 5.74) is 4.65. The fourth-order valence-electron chi connectivity index (χ4n) is 11.0. The summed E-state index contributed by atoms with van der Waals surface area (Å²) >= 11 is -3.40. The van der Waals surface area contributed by atoms with Crippen molar-refractivity contribution in [3.63, 3.8) is 0 Å². The molecule has 0 N–H and O–H groups in total. The Morgan fingerprint density at radius 3 is 1.09 bits per heavy atom. The van der Waals surface area contributed by atoms with Crippen LogP contribution in [0.25, 0.3) is 12.2 Å². The molecule has 0 fully saturated rings. The molecule has 8 aromatic carbocycles. The Morgan fingerprint density at radius 1 is 0.424 bits per heavy atom. The number of benzene rings is 8. The van der Waals surface area contributed by atoms with Crippen molar-refractivity contribution in [3.8, 4) is 0 Å². The maximum atomic E-state index is 8.15. The molecule has 0 aliphatic heterocycles. The minimum absolute atomic E-state index is 0.0164. The van der Waals surface area contributed by atoms with Crippen molar-refractivity contribution in [2.75, 3.05) is 6.61 Å². The molecule has 10 rings (SSSR count). The summed E-state index contributed by atoms with van der Waals surface area (Å²) in [5, 5.41) is 7.15. The first-order valence-corrected chi connectivity index (χ1v) is 34.5. The van der Waals surface area contributed by atoms with E-state index >= 15 is 0 Å². The van der Waals surface area contributed by atoms with Crippen LogP contribution >= 0.6 is 17.0 Å². The van der Waals surface area contributed by atoms with Gasteiger partial charge in [-0.25, -0.2) is 0 Å². The van der Waals surface area contributed by atoms with E-state index in [1.54, 1.807) is 0 Å². The Balaban J connectivity index is 1.17. The van der Waals surface area contributed by atoms with E-state index in [-0.39, 0.29) is 11.8 Å². The van der Waals surface area contributed by atoms with Gasteiger partial charge in [0.05, 0.1) is 0 Å². The number of hydrogen-bond donors (Lipinski definition) is 0. The van der Waals surface area contributed by atoms with Crippen molar-refractivity contribution in [2.45, 2.75) is 28.5 Å². The molecule has 8 aromatic rings. The van der Waals surface area contributed by atoms with E-state index in [0.29, 0.717) is 13.0 Å². The molecular formula is C59H51Cl2O2Si2Zr. The predicted molar refractivity (Wildman–Crippen MR) is 279 cm³/mol. The van der Waals surface area contributed by atoms with Gasteiger partial charge in [-0.2, -0.15) is 0 Å². The Bertz CT molecular complexity index is 2650. The third kappa shape index (κ3) is 8.50. The fourth-order valence-corrected chi connectivity index (χ4v) is 24.6. The predicted octanol–water partition coefficient (Wildman–Crippen LogP) is 11.0. The van der Waals surface area contributed by atoms with Gasteiger partial charge in [0, 0.05) is 0 Å². The van der Waals surface area contributed by atoms with E-state index < -0.39 is 45.2 Å². The zero-order chi connectivity index (χ0) is 44.8. The van der Waals surface area contributed by atoms with Crippen LogP contribution in [0.3, 0.4) is 0 Å². The summed E-state index contributed by atoms with van der Waals surface area (Å²) in [5.74, 6) is 0.0329. The molecule has 66 heavy (non-hydrogen) atoms. The molecule has 0 amide bonds. The molecule has 0 radical (unpaired) electrons. The summed E-state index contributed by atoms with van der Waals surface area (Å²) < 4.78 is 15.6. The summed E-state index contributed by atoms with van der Waals surface area (Å²) in [6.45, 7) is 0.499. The fraction of sp³-hybridized carbons (Fsp3) is 0.119. The Hall–Kier alpha value is -4.94. The molecule has 0 aromatic heterocycles. The van der Waals surface area contributed by atoms with Gasteiger partial charge in [0.1, 0.15) is 0 Å². The van der Waals surface area contributed by atoms with Gasteiger partial charge in [-0.15, -0.1) is 0 Å². The summed E-state index contributed by atoms with van der Waals surface area (Å²) in [6, 6.07) is 83.0. The quantitative estimate of drug-likeness (QED) is 0.0669. The van der Waals surface area contributed by atoms with Crippen LogP contribution in [-0.4, -0.2) is 27.1 Å². The molecule has 0 saturated heterocycles. The SMILES string of the molecule is [Cl][Zr]([Cl])[CH](CC(CCO[Si](c1ccccc1)(c1ccccc1)c1ccccc1)(C1C=Cc2ccccc21)C1C=Cc2ccccc21)O[Si](c1ccccc1)(c1ccccc1)c1ccccc1. The Labute approximate surface area is 407 Å². The number of rotatable bonds is 17. The van der Waals surface area contributed by atoms with Gasteiger partial charge in [-0.05, 0) is 0 Å². The summed E-state index contributed by atoms with van der Waals surface area (Å²) in [6.07, 6.45) is 10.9. The van der Waals surface area contributed by atoms with Crippen LogP contribution in [0.1, 0.15) is 46.9 Å². The first-order valence-electron chi connectivity index (χ1n) is 22.9. The van der Waals surface area contributed by atoms with Crippen LogP contribution in [0.4, 0.5) is 0 Å². The third-order valence-corrected chi connectivity index (χ3v) is 27.5. The van der Waals surface area contributed by atoms with E-state index in [4.69, 9.17) is 25.9 Å². The van der Waals surface area contributed by atoms with E-state index in [0.717, 1.165) is 6.42 Å². The van der Waals surface area contributed by atoms with Crippen LogP contribution in [0.2, 0.25) is 0 Å². The van der Waals surface area contributed by atoms with Gasteiger partial charge in [-0.1, -0.05) is 0 Å². The molecule has 325 valence electrons. The molecule has 2 aliphatic rings. The van der Waals surface area contributed by atoms with Gasteiger partial charge in [0.25, 0.3) is 0 Å². The second-order valence-electron chi connectivity index (χ2n) is 17.4. The molecule has 0 heterocycles. The van der Waals surface area contributed by atoms with Gasteiger partial charge in [-0.3, -0.25) is 0 Å². The standard InChI is InChI=1S/C59H51O2Si2.2ClH.Zr/c1-7-25-49(26-8-1)62(50-27-9-2-10-28-50,51-29-11-3-12-30-51)60-45-43-59(57-41-39-47-23-19-21-37-55(47)57,58-42-40-48-24-20-22-38-56(48)58)44-46-61-63(52-31-13-4-14-32-52,53-33-15-5-16-34-53)54-35-17-6-18-36-54;;;/h1-42,45,57-58H,43-44,46H2;2*1H;/q;;;+2/p-2. The monoisotopic (exact) mass is 1010 g/mol. The molecule has 0 saturated carbocycles. The molecule has 2 aliphatic carbocycles. The van der Waals surface area contributed by atoms with Gasteiger partial charge < -0.3 is 0 Å². The molecule has 3 atom stereocenters. The number of allylic oxidation sites excluding steroid dienone is 2. The van der Waals surface area contributed by atoms with Crippen LogP contribution in [0, 0.1) is 5.41 Å². The number of hydrogen-bond acceptors (Lipinski definition) is 2. The van der Waals surface area contributed by atoms with Crippen LogP contribution in [0.5, 0.6) is 0 Å². The van der Waals surface area contributed by atoms with Crippen molar-refractivity contribution in [3.05, 3.63) is 265 Å². The molecule has 0 bridgehead atoms. The second kappa shape index (κ2) is 20.1. The number of halogens is 2. The van der Waals surface area contributed by atoms with Crippen molar-refractivity contribution in [1.82, 2.24) is 0 Å². The molecule has 7 heteroatoms. The average Bonchev–Trinajstić information content (AvgIpc) is 4.04. The zero-order valence-electron chi connectivity index (χ0n) is 36.7. The molecule has 0 spiro atoms. The maximum absolute atomic E-state index is 8.15. The minimum atomic E-state index is -3.40. The van der Waals surface area contributed by atoms with E-state index in [2.05, 4.69) is 255 Å². The first-order chi connectivity index (χ1) is 32.5. The van der Waals surface area contributed by atoms with Gasteiger partial charge in [0.15, 0.2) is 0 Å². The van der Waals surface area contributed by atoms with Gasteiger partial charge >= 0.3 is 411 Å². The third-order valence-electron chi connectivity index (χ3n) is 13.9.